The second kappa shape index (κ2) is 8.07. The van der Waals surface area contributed by atoms with Crippen LogP contribution in [0.4, 0.5) is 0 Å². The van der Waals surface area contributed by atoms with E-state index >= 15 is 19.2 Å². The maximum Gasteiger partial charge on any atom is 0.190 e. The first-order chi connectivity index (χ1) is 24.7. The molecule has 0 aromatic heterocycles. The van der Waals surface area contributed by atoms with E-state index in [0.29, 0.717) is 44.7 Å². The lowest BCUT2D eigenvalue weighted by Crippen LogP contribution is -2.79. The zero-order chi connectivity index (χ0) is 34.6. The highest BCUT2D eigenvalue weighted by atomic mass is 16.5. The van der Waals surface area contributed by atoms with E-state index in [9.17, 15) is 10.2 Å². The number of Topliss-reactive ketones (excluding diaryl/α,β-unsaturated/α-hetero) is 4. The maximum absolute atomic E-state index is 16.1. The van der Waals surface area contributed by atoms with Crippen molar-refractivity contribution in [2.24, 2.45) is 16.7 Å². The smallest absolute Gasteiger partial charge is 0.190 e. The standard InChI is InChI=1S/C44H26O7/c1-51-21-18-19-31-27(20-21)36-41-32(22-10-2-3-11-23(22)38(41)47)33-34(45)24-12-4-7-15-28(24)40(33,37-35(46)25-13-5-8-16-29(25)44(37,41)50)42(36)39(48)26-14-6-9-17-30(26)43(31,42)49/h2-20,36-37,49-50H,1H3/t36-,37-,40+,41+,42+,43-,44+/m1/s1. The zero-order valence-electron chi connectivity index (χ0n) is 27.1. The summed E-state index contributed by atoms with van der Waals surface area (Å²) in [5.74, 6) is -4.14. The summed E-state index contributed by atoms with van der Waals surface area (Å²) in [7, 11) is 1.52. The van der Waals surface area contributed by atoms with Crippen molar-refractivity contribution in [3.63, 3.8) is 0 Å². The van der Waals surface area contributed by atoms with Crippen molar-refractivity contribution >= 4 is 28.7 Å². The van der Waals surface area contributed by atoms with Gasteiger partial charge in [0, 0.05) is 33.7 Å². The van der Waals surface area contributed by atoms with Crippen LogP contribution in [-0.4, -0.2) is 40.5 Å². The topological polar surface area (TPSA) is 118 Å². The van der Waals surface area contributed by atoms with Crippen LogP contribution in [0, 0.1) is 16.7 Å². The number of hydrogen-bond donors (Lipinski definition) is 2. The molecule has 1 saturated carbocycles. The molecule has 8 aliphatic carbocycles. The van der Waals surface area contributed by atoms with E-state index < -0.39 is 62.4 Å². The average molecular weight is 667 g/mol. The number of ether oxygens (including phenoxy) is 1. The lowest BCUT2D eigenvalue weighted by atomic mass is 9.28. The van der Waals surface area contributed by atoms with E-state index in [1.54, 1.807) is 115 Å². The zero-order valence-corrected chi connectivity index (χ0v) is 27.1. The Kier molecular flexibility index (Phi) is 4.43. The summed E-state index contributed by atoms with van der Waals surface area (Å²) in [4.78, 5) is 62.9. The first kappa shape index (κ1) is 28.0. The van der Waals surface area contributed by atoms with Gasteiger partial charge < -0.3 is 14.9 Å². The molecule has 2 bridgehead atoms. The molecule has 244 valence electrons. The number of carbonyl (C=O) groups excluding carboxylic acids is 4. The molecule has 8 aliphatic rings. The molecule has 0 radical (unpaired) electrons. The van der Waals surface area contributed by atoms with E-state index in [-0.39, 0.29) is 27.8 Å². The Morgan fingerprint density at radius 1 is 0.549 bits per heavy atom. The van der Waals surface area contributed by atoms with Crippen molar-refractivity contribution in [1.29, 1.82) is 0 Å². The minimum atomic E-state index is -2.23. The Morgan fingerprint density at radius 3 is 1.88 bits per heavy atom. The normalized spacial score (nSPS) is 34.6. The third kappa shape index (κ3) is 2.23. The van der Waals surface area contributed by atoms with Crippen molar-refractivity contribution in [2.75, 3.05) is 7.11 Å². The predicted octanol–water partition coefficient (Wildman–Crippen LogP) is 5.71. The monoisotopic (exact) mass is 666 g/mol. The molecule has 5 aromatic rings. The van der Waals surface area contributed by atoms with Crippen molar-refractivity contribution in [3.8, 4) is 5.75 Å². The molecule has 7 atom stereocenters. The molecule has 3 spiro atoms. The van der Waals surface area contributed by atoms with Crippen LogP contribution in [0.25, 0.3) is 5.57 Å². The van der Waals surface area contributed by atoms with Gasteiger partial charge in [0.05, 0.1) is 23.9 Å². The number of methoxy groups -OCH3 is 1. The number of aliphatic hydroxyl groups is 2. The molecule has 0 aliphatic heterocycles. The van der Waals surface area contributed by atoms with E-state index in [1.807, 2.05) is 0 Å². The molecule has 0 saturated heterocycles. The molecule has 2 N–H and O–H groups in total. The Balaban J connectivity index is 1.43. The van der Waals surface area contributed by atoms with Gasteiger partial charge in [0.1, 0.15) is 22.4 Å². The largest absolute Gasteiger partial charge is 0.497 e. The molecule has 13 rings (SSSR count). The van der Waals surface area contributed by atoms with Crippen LogP contribution in [0.2, 0.25) is 0 Å². The SMILES string of the molecule is COc1ccc2c(c1)[C@@H]1[C@]34C(=O)c5ccccc5C3=C3C(=O)c5ccccc5[C@]3([C@H]3C(=O)c5ccccc5[C@]34O)[C@@]13C(=O)c1ccccc1[C@@]23O. The second-order valence-electron chi connectivity index (χ2n) is 15.0. The fourth-order valence-electron chi connectivity index (χ4n) is 12.8. The highest BCUT2D eigenvalue weighted by Gasteiger charge is 2.97. The number of hydrogen-bond acceptors (Lipinski definition) is 7. The molecule has 0 heterocycles. The fourth-order valence-corrected chi connectivity index (χ4v) is 12.8. The molecule has 7 heteroatoms. The molecular weight excluding hydrogens is 640 g/mol. The number of fused-ring (bicyclic) bond motifs is 7. The summed E-state index contributed by atoms with van der Waals surface area (Å²) in [6.07, 6.45) is 0. The van der Waals surface area contributed by atoms with Gasteiger partial charge in [0.2, 0.25) is 0 Å². The summed E-state index contributed by atoms with van der Waals surface area (Å²) in [5, 5.41) is 28.2. The summed E-state index contributed by atoms with van der Waals surface area (Å²) in [6, 6.07) is 32.9. The van der Waals surface area contributed by atoms with Gasteiger partial charge in [-0.3, -0.25) is 19.2 Å². The van der Waals surface area contributed by atoms with Gasteiger partial charge in [0.25, 0.3) is 0 Å². The highest BCUT2D eigenvalue weighted by Crippen LogP contribution is 2.92. The highest BCUT2D eigenvalue weighted by molar-refractivity contribution is 6.33. The predicted molar refractivity (Wildman–Crippen MR) is 183 cm³/mol. The van der Waals surface area contributed by atoms with Crippen LogP contribution < -0.4 is 4.74 Å². The number of ketones is 4. The van der Waals surface area contributed by atoms with Crippen LogP contribution in [0.5, 0.6) is 5.75 Å². The Morgan fingerprint density at radius 2 is 1.16 bits per heavy atom. The van der Waals surface area contributed by atoms with Gasteiger partial charge in [-0.15, -0.1) is 0 Å². The van der Waals surface area contributed by atoms with E-state index in [4.69, 9.17) is 4.74 Å². The number of allylic oxidation sites excluding steroid dienone is 1. The molecule has 5 aromatic carbocycles. The average Bonchev–Trinajstić information content (AvgIpc) is 3.82. The molecule has 7 nitrogen and oxygen atoms in total. The second-order valence-corrected chi connectivity index (χ2v) is 15.0. The van der Waals surface area contributed by atoms with E-state index in [2.05, 4.69) is 0 Å². The van der Waals surface area contributed by atoms with Gasteiger partial charge in [-0.2, -0.15) is 0 Å². The molecule has 0 unspecified atom stereocenters. The van der Waals surface area contributed by atoms with Crippen LogP contribution in [0.1, 0.15) is 80.7 Å². The van der Waals surface area contributed by atoms with Gasteiger partial charge in [-0.25, -0.2) is 0 Å². The quantitative estimate of drug-likeness (QED) is 0.235. The summed E-state index contributed by atoms with van der Waals surface area (Å²) in [6.45, 7) is 0. The van der Waals surface area contributed by atoms with Crippen LogP contribution >= 0.6 is 0 Å². The van der Waals surface area contributed by atoms with E-state index in [1.165, 1.54) is 7.11 Å². The van der Waals surface area contributed by atoms with E-state index in [0.717, 1.165) is 0 Å². The molecule has 1 fully saturated rings. The minimum Gasteiger partial charge on any atom is -0.497 e. The summed E-state index contributed by atoms with van der Waals surface area (Å²) >= 11 is 0. The first-order valence-corrected chi connectivity index (χ1v) is 17.2. The third-order valence-corrected chi connectivity index (χ3v) is 13.9. The first-order valence-electron chi connectivity index (χ1n) is 17.2. The lowest BCUT2D eigenvalue weighted by Gasteiger charge is -2.71. The fraction of sp³-hybridized carbons (Fsp3) is 0.182. The van der Waals surface area contributed by atoms with Crippen molar-refractivity contribution in [2.45, 2.75) is 22.5 Å². The lowest BCUT2D eigenvalue weighted by molar-refractivity contribution is -0.202. The Hall–Kier alpha value is -5.76. The van der Waals surface area contributed by atoms with Crippen molar-refractivity contribution in [3.05, 3.63) is 176 Å². The summed E-state index contributed by atoms with van der Waals surface area (Å²) < 4.78 is 5.76. The molecular formula is C44H26O7. The molecule has 0 amide bonds. The van der Waals surface area contributed by atoms with Crippen molar-refractivity contribution < 1.29 is 34.1 Å². The Labute approximate surface area is 290 Å². The van der Waals surface area contributed by atoms with Gasteiger partial charge >= 0.3 is 0 Å². The van der Waals surface area contributed by atoms with Gasteiger partial charge in [0.15, 0.2) is 23.1 Å². The number of benzene rings is 5. The van der Waals surface area contributed by atoms with Gasteiger partial charge in [-0.05, 0) is 51.1 Å². The van der Waals surface area contributed by atoms with Crippen LogP contribution in [0.3, 0.4) is 0 Å². The van der Waals surface area contributed by atoms with Crippen LogP contribution in [0.15, 0.2) is 121 Å². The third-order valence-electron chi connectivity index (χ3n) is 13.9. The summed E-state index contributed by atoms with van der Waals surface area (Å²) in [5.41, 5.74) is -6.47. The molecule has 51 heavy (non-hydrogen) atoms. The number of carbonyl (C=O) groups is 4. The minimum absolute atomic E-state index is 0.147. The Bertz CT molecular complexity index is 2690. The van der Waals surface area contributed by atoms with Crippen molar-refractivity contribution in [1.82, 2.24) is 0 Å². The maximum atomic E-state index is 16.1. The van der Waals surface area contributed by atoms with Crippen LogP contribution in [-0.2, 0) is 16.6 Å². The number of rotatable bonds is 1. The van der Waals surface area contributed by atoms with Gasteiger partial charge in [-0.1, -0.05) is 103 Å².